The number of anilines is 1. The van der Waals surface area contributed by atoms with E-state index in [0.29, 0.717) is 28.7 Å². The summed E-state index contributed by atoms with van der Waals surface area (Å²) < 4.78 is 2.53. The van der Waals surface area contributed by atoms with Crippen molar-refractivity contribution in [2.75, 3.05) is 11.4 Å². The molecule has 1 aromatic carbocycles. The Balaban J connectivity index is 1.86. The van der Waals surface area contributed by atoms with Crippen LogP contribution in [0.15, 0.2) is 24.3 Å². The average Bonchev–Trinajstić information content (AvgIpc) is 3.10. The normalized spacial score (nSPS) is 23.4. The van der Waals surface area contributed by atoms with E-state index in [4.69, 9.17) is 0 Å². The number of nitrogens with one attached hydrogen (secondary N) is 1. The van der Waals surface area contributed by atoms with Crippen molar-refractivity contribution in [3.05, 3.63) is 30.0 Å². The summed E-state index contributed by atoms with van der Waals surface area (Å²) >= 11 is 0. The molecule has 0 bridgehead atoms. The molecule has 1 N–H and O–H groups in total. The second kappa shape index (κ2) is 8.78. The van der Waals surface area contributed by atoms with Gasteiger partial charge in [-0.25, -0.2) is 0 Å². The van der Waals surface area contributed by atoms with Crippen LogP contribution in [0.4, 0.5) is 5.69 Å². The van der Waals surface area contributed by atoms with Crippen LogP contribution in [0.25, 0.3) is 10.9 Å². The van der Waals surface area contributed by atoms with Gasteiger partial charge in [0.25, 0.3) is 0 Å². The third kappa shape index (κ3) is 3.94. The molecule has 2 atom stereocenters. The molecule has 1 aliphatic heterocycles. The molecule has 2 heterocycles. The van der Waals surface area contributed by atoms with Gasteiger partial charge < -0.3 is 14.4 Å². The largest absolute Gasteiger partial charge is 0.365 e. The van der Waals surface area contributed by atoms with Crippen molar-refractivity contribution in [1.82, 2.24) is 9.55 Å². The van der Waals surface area contributed by atoms with E-state index in [1.54, 1.807) is 0 Å². The maximum Gasteiger partial charge on any atom is 0.171 e. The standard InChI is InChI=1S/C28H44N4Si/c1-19(2)33(20(3)4,21(5)6)32-24(17-29)16-22-15-23(13-14-26(22)32)31-18-28(7,8)30-25-11-9-10-12-27(25)31/h13-16,19-21,25,27,30H,9-12,18H2,1-8H3/t25-,27-/m0/s1. The molecular formula is C28H44N4Si. The van der Waals surface area contributed by atoms with E-state index in [9.17, 15) is 5.26 Å². The first-order chi connectivity index (χ1) is 15.5. The number of rotatable bonds is 5. The minimum Gasteiger partial charge on any atom is -0.365 e. The maximum absolute atomic E-state index is 10.2. The van der Waals surface area contributed by atoms with Gasteiger partial charge in [0, 0.05) is 40.8 Å². The van der Waals surface area contributed by atoms with E-state index in [-0.39, 0.29) is 5.54 Å². The number of hydrogen-bond donors (Lipinski definition) is 1. The summed E-state index contributed by atoms with van der Waals surface area (Å²) in [6, 6.07) is 12.9. The quantitative estimate of drug-likeness (QED) is 0.483. The zero-order valence-corrected chi connectivity index (χ0v) is 23.1. The van der Waals surface area contributed by atoms with Crippen molar-refractivity contribution >= 4 is 24.8 Å². The number of nitrogens with zero attached hydrogens (tertiary/aromatic N) is 3. The van der Waals surface area contributed by atoms with Crippen molar-refractivity contribution < 1.29 is 0 Å². The lowest BCUT2D eigenvalue weighted by atomic mass is 9.83. The molecule has 0 amide bonds. The predicted molar refractivity (Wildman–Crippen MR) is 144 cm³/mol. The van der Waals surface area contributed by atoms with Crippen LogP contribution in [0, 0.1) is 11.3 Å². The minimum absolute atomic E-state index is 0.103. The Bertz CT molecular complexity index is 1020. The molecule has 1 saturated heterocycles. The van der Waals surface area contributed by atoms with Crippen molar-refractivity contribution in [3.63, 3.8) is 0 Å². The molecule has 4 rings (SSSR count). The van der Waals surface area contributed by atoms with Crippen LogP contribution in [0.3, 0.4) is 0 Å². The Morgan fingerprint density at radius 2 is 1.64 bits per heavy atom. The summed E-state index contributed by atoms with van der Waals surface area (Å²) in [5.74, 6) is 0. The number of aromatic nitrogens is 1. The number of hydrogen-bond acceptors (Lipinski definition) is 3. The predicted octanol–water partition coefficient (Wildman–Crippen LogP) is 7.04. The molecule has 2 aliphatic rings. The number of piperazine rings is 1. The highest BCUT2D eigenvalue weighted by Gasteiger charge is 2.47. The fraction of sp³-hybridized carbons (Fsp3) is 0.679. The Morgan fingerprint density at radius 1 is 1.00 bits per heavy atom. The van der Waals surface area contributed by atoms with Crippen molar-refractivity contribution in [2.45, 2.75) is 115 Å². The highest BCUT2D eigenvalue weighted by molar-refractivity contribution is 6.82. The van der Waals surface area contributed by atoms with Gasteiger partial charge in [-0.3, -0.25) is 0 Å². The minimum atomic E-state index is -2.02. The molecule has 2 fully saturated rings. The molecule has 180 valence electrons. The molecule has 0 radical (unpaired) electrons. The zero-order chi connectivity index (χ0) is 24.1. The average molecular weight is 465 g/mol. The van der Waals surface area contributed by atoms with Gasteiger partial charge in [-0.15, -0.1) is 0 Å². The fourth-order valence-corrected chi connectivity index (χ4v) is 14.4. The number of fused-ring (bicyclic) bond motifs is 2. The van der Waals surface area contributed by atoms with E-state index >= 15 is 0 Å². The third-order valence-corrected chi connectivity index (χ3v) is 15.5. The van der Waals surface area contributed by atoms with Gasteiger partial charge in [0.1, 0.15) is 11.8 Å². The highest BCUT2D eigenvalue weighted by Crippen LogP contribution is 2.46. The summed E-state index contributed by atoms with van der Waals surface area (Å²) in [4.78, 5) is 2.67. The van der Waals surface area contributed by atoms with E-state index in [2.05, 4.69) is 100 Å². The van der Waals surface area contributed by atoms with E-state index in [1.807, 2.05) is 0 Å². The smallest absolute Gasteiger partial charge is 0.171 e. The second-order valence-electron chi connectivity index (χ2n) is 12.2. The monoisotopic (exact) mass is 464 g/mol. The van der Waals surface area contributed by atoms with Gasteiger partial charge in [-0.2, -0.15) is 5.26 Å². The third-order valence-electron chi connectivity index (χ3n) is 8.66. The van der Waals surface area contributed by atoms with Crippen LogP contribution in [0.1, 0.15) is 86.8 Å². The summed E-state index contributed by atoms with van der Waals surface area (Å²) in [6.45, 7) is 19.9. The van der Waals surface area contributed by atoms with E-state index < -0.39 is 8.24 Å². The maximum atomic E-state index is 10.2. The molecule has 0 unspecified atom stereocenters. The van der Waals surface area contributed by atoms with Crippen LogP contribution in [-0.4, -0.2) is 36.6 Å². The van der Waals surface area contributed by atoms with Crippen LogP contribution >= 0.6 is 0 Å². The highest BCUT2D eigenvalue weighted by atomic mass is 28.3. The van der Waals surface area contributed by atoms with Gasteiger partial charge in [0.05, 0.1) is 0 Å². The number of nitriles is 1. The zero-order valence-electron chi connectivity index (χ0n) is 22.1. The van der Waals surface area contributed by atoms with Crippen LogP contribution < -0.4 is 10.2 Å². The Morgan fingerprint density at radius 3 is 2.24 bits per heavy atom. The van der Waals surface area contributed by atoms with Gasteiger partial charge in [0.2, 0.25) is 0 Å². The van der Waals surface area contributed by atoms with Crippen molar-refractivity contribution in [2.24, 2.45) is 0 Å². The lowest BCUT2D eigenvalue weighted by molar-refractivity contribution is 0.199. The topological polar surface area (TPSA) is 44.0 Å². The fourth-order valence-electron chi connectivity index (χ4n) is 7.68. The van der Waals surface area contributed by atoms with Crippen LogP contribution in [0.2, 0.25) is 16.6 Å². The van der Waals surface area contributed by atoms with Crippen molar-refractivity contribution in [3.8, 4) is 6.07 Å². The molecule has 4 nitrogen and oxygen atoms in total. The Labute approximate surface area is 202 Å². The van der Waals surface area contributed by atoms with Crippen molar-refractivity contribution in [1.29, 1.82) is 5.26 Å². The second-order valence-corrected chi connectivity index (χ2v) is 17.9. The molecule has 1 saturated carbocycles. The van der Waals surface area contributed by atoms with Gasteiger partial charge in [-0.05, 0) is 67.6 Å². The molecule has 5 heteroatoms. The first kappa shape index (κ1) is 24.4. The summed E-state index contributed by atoms with van der Waals surface area (Å²) in [7, 11) is -2.02. The number of benzene rings is 1. The van der Waals surface area contributed by atoms with Crippen LogP contribution in [0.5, 0.6) is 0 Å². The lowest BCUT2D eigenvalue weighted by Crippen LogP contribution is -2.67. The Hall–Kier alpha value is -1.77. The Kier molecular flexibility index (Phi) is 6.48. The molecule has 0 spiro atoms. The molecule has 1 aliphatic carbocycles. The van der Waals surface area contributed by atoms with E-state index in [1.165, 1.54) is 42.3 Å². The first-order valence-electron chi connectivity index (χ1n) is 13.1. The molecule has 2 aromatic rings. The van der Waals surface area contributed by atoms with Gasteiger partial charge in [0.15, 0.2) is 8.24 Å². The molecule has 1 aromatic heterocycles. The summed E-state index contributed by atoms with van der Waals surface area (Å²) in [6.07, 6.45) is 5.19. The lowest BCUT2D eigenvalue weighted by Gasteiger charge is -2.52. The first-order valence-corrected chi connectivity index (χ1v) is 15.3. The summed E-state index contributed by atoms with van der Waals surface area (Å²) in [5, 5.41) is 15.4. The van der Waals surface area contributed by atoms with E-state index in [0.717, 1.165) is 12.2 Å². The van der Waals surface area contributed by atoms with Gasteiger partial charge >= 0.3 is 0 Å². The molecule has 33 heavy (non-hydrogen) atoms. The summed E-state index contributed by atoms with van der Waals surface area (Å²) in [5.41, 5.74) is 5.19. The van der Waals surface area contributed by atoms with Crippen LogP contribution in [-0.2, 0) is 0 Å². The SMILES string of the molecule is CC(C)[Si](C(C)C)(C(C)C)n1c(C#N)cc2cc(N3CC(C)(C)N[C@H]4CCCC[C@@H]43)ccc21. The van der Waals surface area contributed by atoms with Gasteiger partial charge in [-0.1, -0.05) is 54.4 Å². The molecular weight excluding hydrogens is 420 g/mol.